The van der Waals surface area contributed by atoms with Crippen LogP contribution in [0.5, 0.6) is 0 Å². The van der Waals surface area contributed by atoms with Gasteiger partial charge in [0, 0.05) is 38.8 Å². The van der Waals surface area contributed by atoms with E-state index in [1.54, 1.807) is 0 Å². The molecule has 3 heterocycles. The maximum atomic E-state index is 5.45. The number of benzene rings is 9. The van der Waals surface area contributed by atoms with Crippen LogP contribution in [-0.2, 0) is 0 Å². The van der Waals surface area contributed by atoms with Gasteiger partial charge in [0.05, 0.1) is 22.6 Å². The molecule has 12 rings (SSSR count). The third kappa shape index (κ3) is 7.67. The topological polar surface area (TPSA) is 43.1 Å². The molecule has 0 atom stereocenters. The molecular weight excluding hydrogens is 813 g/mol. The van der Waals surface area contributed by atoms with Crippen LogP contribution in [0.25, 0.3) is 117 Å². The molecule has 0 bridgehead atoms. The summed E-state index contributed by atoms with van der Waals surface area (Å²) in [5.41, 5.74) is 19.0. The van der Waals surface area contributed by atoms with Gasteiger partial charge in [0.15, 0.2) is 5.82 Å². The van der Waals surface area contributed by atoms with Crippen LogP contribution in [0, 0.1) is 0 Å². The molecule has 4 nitrogen and oxygen atoms in total. The summed E-state index contributed by atoms with van der Waals surface area (Å²) in [6.07, 6.45) is 0. The molecule has 0 aliphatic heterocycles. The second kappa shape index (κ2) is 17.2. The lowest BCUT2D eigenvalue weighted by atomic mass is 9.94. The second-order valence-corrected chi connectivity index (χ2v) is 16.8. The van der Waals surface area contributed by atoms with Gasteiger partial charge in [0.2, 0.25) is 0 Å². The van der Waals surface area contributed by atoms with Crippen molar-refractivity contribution in [2.45, 2.75) is 0 Å². The van der Waals surface area contributed by atoms with E-state index in [-0.39, 0.29) is 0 Å². The maximum Gasteiger partial charge on any atom is 0.160 e. The minimum atomic E-state index is 0.676. The number of hydrogen-bond donors (Lipinski definition) is 0. The van der Waals surface area contributed by atoms with Crippen molar-refractivity contribution >= 4 is 16.3 Å². The fraction of sp³-hybridized carbons (Fsp3) is 0. The van der Waals surface area contributed by atoms with Gasteiger partial charge in [-0.2, -0.15) is 5.10 Å². The quantitative estimate of drug-likeness (QED) is 0.145. The van der Waals surface area contributed by atoms with Crippen LogP contribution in [0.15, 0.2) is 255 Å². The summed E-state index contributed by atoms with van der Waals surface area (Å²) in [6.45, 7) is 0. The van der Waals surface area contributed by atoms with E-state index in [1.165, 1.54) is 11.1 Å². The molecular formula is C63H42N4. The average Bonchev–Trinajstić information content (AvgIpc) is 3.83. The molecule has 0 saturated carbocycles. The molecule has 314 valence electrons. The van der Waals surface area contributed by atoms with Crippen LogP contribution in [0.4, 0.5) is 0 Å². The highest BCUT2D eigenvalue weighted by Crippen LogP contribution is 2.42. The van der Waals surface area contributed by atoms with Gasteiger partial charge in [-0.3, -0.25) is 0 Å². The summed E-state index contributed by atoms with van der Waals surface area (Å²) < 4.78 is 2.16. The lowest BCUT2D eigenvalue weighted by molar-refractivity contribution is 0.979. The minimum absolute atomic E-state index is 0.676. The summed E-state index contributed by atoms with van der Waals surface area (Å²) in [6, 6.07) is 89.9. The number of rotatable bonds is 9. The molecule has 9 aromatic carbocycles. The van der Waals surface area contributed by atoms with E-state index in [1.807, 2.05) is 12.1 Å². The van der Waals surface area contributed by atoms with Gasteiger partial charge in [-0.15, -0.1) is 0 Å². The summed E-state index contributed by atoms with van der Waals surface area (Å²) in [7, 11) is 0. The van der Waals surface area contributed by atoms with Crippen LogP contribution < -0.4 is 0 Å². The van der Waals surface area contributed by atoms with E-state index in [9.17, 15) is 0 Å². The van der Waals surface area contributed by atoms with Gasteiger partial charge >= 0.3 is 0 Å². The third-order valence-electron chi connectivity index (χ3n) is 12.6. The fourth-order valence-corrected chi connectivity index (χ4v) is 9.24. The van der Waals surface area contributed by atoms with Crippen molar-refractivity contribution in [1.29, 1.82) is 0 Å². The molecule has 12 aromatic rings. The first-order valence-corrected chi connectivity index (χ1v) is 22.7. The molecule has 0 aliphatic carbocycles. The molecule has 0 unspecified atom stereocenters. The van der Waals surface area contributed by atoms with Crippen LogP contribution in [0.2, 0.25) is 0 Å². The Hall–Kier alpha value is -8.99. The van der Waals surface area contributed by atoms with Crippen LogP contribution >= 0.6 is 0 Å². The van der Waals surface area contributed by atoms with Crippen LogP contribution in [-0.4, -0.2) is 19.6 Å². The van der Waals surface area contributed by atoms with Crippen molar-refractivity contribution < 1.29 is 0 Å². The second-order valence-electron chi connectivity index (χ2n) is 16.8. The normalized spacial score (nSPS) is 11.3. The molecule has 0 saturated heterocycles. The minimum Gasteiger partial charge on any atom is -0.231 e. The van der Waals surface area contributed by atoms with Crippen molar-refractivity contribution in [2.24, 2.45) is 0 Å². The molecule has 4 heteroatoms. The van der Waals surface area contributed by atoms with Gasteiger partial charge in [0.25, 0.3) is 0 Å². The standard InChI is InChI=1S/C63H42N4/c1-6-17-43(18-7-1)45-29-33-47(34-30-45)57-42-58(65-63(64-57)51-35-31-46(32-36-51)44-19-8-2-9-20-44)55-28-16-27-52(39-55)53-37-38-54-41-59(48-21-10-3-11-22-48)67-62(56(54)40-53)60(49-23-12-4-13-24-49)61(66-67)50-25-14-5-15-26-50/h1-42H. The number of hydrogen-bond acceptors (Lipinski definition) is 3. The van der Waals surface area contributed by atoms with E-state index in [4.69, 9.17) is 15.1 Å². The molecule has 0 spiro atoms. The predicted molar refractivity (Wildman–Crippen MR) is 277 cm³/mol. The number of fused-ring (bicyclic) bond motifs is 3. The lowest BCUT2D eigenvalue weighted by Crippen LogP contribution is -1.97. The first kappa shape index (κ1) is 39.6. The molecule has 0 radical (unpaired) electrons. The van der Waals surface area contributed by atoms with E-state index >= 15 is 0 Å². The Morgan fingerprint density at radius 1 is 0.284 bits per heavy atom. The number of nitrogens with zero attached hydrogens (tertiary/aromatic N) is 4. The highest BCUT2D eigenvalue weighted by molar-refractivity contribution is 6.09. The van der Waals surface area contributed by atoms with E-state index in [0.29, 0.717) is 5.82 Å². The monoisotopic (exact) mass is 854 g/mol. The van der Waals surface area contributed by atoms with Crippen molar-refractivity contribution in [2.75, 3.05) is 0 Å². The Balaban J connectivity index is 1.01. The number of pyridine rings is 1. The molecule has 0 fully saturated rings. The Labute approximate surface area is 389 Å². The van der Waals surface area contributed by atoms with Crippen molar-refractivity contribution in [3.8, 4) is 101 Å². The Bertz CT molecular complexity index is 3580. The van der Waals surface area contributed by atoms with Gasteiger partial charge in [0.1, 0.15) is 5.69 Å². The van der Waals surface area contributed by atoms with E-state index in [0.717, 1.165) is 100 Å². The zero-order valence-corrected chi connectivity index (χ0v) is 36.5. The Morgan fingerprint density at radius 3 is 1.31 bits per heavy atom. The third-order valence-corrected chi connectivity index (χ3v) is 12.6. The van der Waals surface area contributed by atoms with Gasteiger partial charge in [-0.05, 0) is 68.6 Å². The average molecular weight is 855 g/mol. The van der Waals surface area contributed by atoms with Gasteiger partial charge in [-0.25, -0.2) is 14.5 Å². The lowest BCUT2D eigenvalue weighted by Gasteiger charge is -2.13. The molecule has 0 amide bonds. The van der Waals surface area contributed by atoms with Crippen molar-refractivity contribution in [3.05, 3.63) is 255 Å². The largest absolute Gasteiger partial charge is 0.231 e. The van der Waals surface area contributed by atoms with E-state index < -0.39 is 0 Å². The van der Waals surface area contributed by atoms with Gasteiger partial charge in [-0.1, -0.05) is 231 Å². The van der Waals surface area contributed by atoms with Crippen LogP contribution in [0.1, 0.15) is 0 Å². The van der Waals surface area contributed by atoms with Crippen molar-refractivity contribution in [3.63, 3.8) is 0 Å². The summed E-state index contributed by atoms with van der Waals surface area (Å²) >= 11 is 0. The Morgan fingerprint density at radius 2 is 0.716 bits per heavy atom. The molecule has 3 aromatic heterocycles. The SMILES string of the molecule is c1ccc(-c2ccc(-c3cc(-c4cccc(-c5ccc6cc(-c7ccccc7)n7nc(-c8ccccc8)c(-c8ccccc8)c7c6c5)c4)nc(-c4ccc(-c5ccccc5)cc4)n3)cc2)cc1. The highest BCUT2D eigenvalue weighted by Gasteiger charge is 2.22. The Kier molecular flexibility index (Phi) is 10.2. The molecule has 0 N–H and O–H groups in total. The zero-order valence-electron chi connectivity index (χ0n) is 36.5. The molecule has 0 aliphatic rings. The number of aromatic nitrogens is 4. The smallest absolute Gasteiger partial charge is 0.160 e. The first-order valence-electron chi connectivity index (χ1n) is 22.7. The summed E-state index contributed by atoms with van der Waals surface area (Å²) in [4.78, 5) is 10.5. The van der Waals surface area contributed by atoms with E-state index in [2.05, 4.69) is 247 Å². The summed E-state index contributed by atoms with van der Waals surface area (Å²) in [5.74, 6) is 0.676. The van der Waals surface area contributed by atoms with Crippen LogP contribution in [0.3, 0.4) is 0 Å². The summed E-state index contributed by atoms with van der Waals surface area (Å²) in [5, 5.41) is 7.72. The van der Waals surface area contributed by atoms with Gasteiger partial charge < -0.3 is 0 Å². The van der Waals surface area contributed by atoms with Crippen molar-refractivity contribution in [1.82, 2.24) is 19.6 Å². The fourth-order valence-electron chi connectivity index (χ4n) is 9.24. The predicted octanol–water partition coefficient (Wildman–Crippen LogP) is 16.3. The molecule has 67 heavy (non-hydrogen) atoms. The first-order chi connectivity index (χ1) is 33.2. The maximum absolute atomic E-state index is 5.45. The highest BCUT2D eigenvalue weighted by atomic mass is 15.2. The zero-order chi connectivity index (χ0) is 44.5.